The van der Waals surface area contributed by atoms with Crippen molar-refractivity contribution >= 4 is 24.1 Å². The quantitative estimate of drug-likeness (QED) is 0.482. The molecule has 1 N–H and O–H groups in total. The first-order valence-electron chi connectivity index (χ1n) is 3.76. The van der Waals surface area contributed by atoms with Gasteiger partial charge < -0.3 is 5.32 Å². The second-order valence-corrected chi connectivity index (χ2v) is 2.23. The highest BCUT2D eigenvalue weighted by molar-refractivity contribution is 5.93. The van der Waals surface area contributed by atoms with Crippen molar-refractivity contribution in [1.82, 2.24) is 10.2 Å². The van der Waals surface area contributed by atoms with Gasteiger partial charge in [-0.2, -0.15) is 9.98 Å². The van der Waals surface area contributed by atoms with Crippen LogP contribution in [0.15, 0.2) is 9.98 Å². The molecule has 0 saturated carbocycles. The molecule has 3 amide bonds. The van der Waals surface area contributed by atoms with E-state index in [0.717, 1.165) is 6.92 Å². The molecule has 0 rings (SSSR count). The first kappa shape index (κ1) is 12.7. The van der Waals surface area contributed by atoms with Gasteiger partial charge in [-0.15, -0.1) is 0 Å². The summed E-state index contributed by atoms with van der Waals surface area (Å²) in [5.41, 5.74) is 0. The molecule has 0 aliphatic rings. The fourth-order valence-corrected chi connectivity index (χ4v) is 0.641. The average molecular weight is 212 g/mol. The van der Waals surface area contributed by atoms with E-state index in [-0.39, 0.29) is 6.67 Å². The number of imide groups is 1. The largest absolute Gasteiger partial charge is 0.327 e. The summed E-state index contributed by atoms with van der Waals surface area (Å²) in [4.78, 5) is 48.3. The van der Waals surface area contributed by atoms with Gasteiger partial charge in [-0.05, 0) is 0 Å². The number of rotatable bonds is 4. The third-order valence-corrected chi connectivity index (χ3v) is 1.28. The summed E-state index contributed by atoms with van der Waals surface area (Å²) in [7, 11) is 0. The number of hydrogen-bond donors (Lipinski definition) is 1. The minimum absolute atomic E-state index is 0.295. The average Bonchev–Trinajstić information content (AvgIpc) is 2.18. The fraction of sp³-hybridized carbons (Fsp3) is 0.429. The number of nitrogens with one attached hydrogen (secondary N) is 1. The van der Waals surface area contributed by atoms with Crippen molar-refractivity contribution < 1.29 is 19.2 Å². The van der Waals surface area contributed by atoms with E-state index in [9.17, 15) is 19.2 Å². The maximum absolute atomic E-state index is 11.2. The Balaban J connectivity index is 4.34. The van der Waals surface area contributed by atoms with E-state index in [2.05, 4.69) is 15.3 Å². The molecule has 15 heavy (non-hydrogen) atoms. The molecule has 0 heterocycles. The van der Waals surface area contributed by atoms with E-state index in [4.69, 9.17) is 0 Å². The van der Waals surface area contributed by atoms with Gasteiger partial charge in [-0.3, -0.25) is 4.79 Å². The van der Waals surface area contributed by atoms with Gasteiger partial charge in [0, 0.05) is 6.92 Å². The van der Waals surface area contributed by atoms with Crippen molar-refractivity contribution in [2.24, 2.45) is 9.98 Å². The summed E-state index contributed by atoms with van der Waals surface area (Å²) >= 11 is 0. The predicted molar refractivity (Wildman–Crippen MR) is 47.0 cm³/mol. The zero-order chi connectivity index (χ0) is 11.7. The zero-order valence-electron chi connectivity index (χ0n) is 7.89. The molecule has 0 unspecified atom stereocenters. The van der Waals surface area contributed by atoms with E-state index in [1.165, 1.54) is 12.2 Å². The summed E-state index contributed by atoms with van der Waals surface area (Å²) in [6, 6.07) is -0.805. The van der Waals surface area contributed by atoms with Gasteiger partial charge >= 0.3 is 6.03 Å². The lowest BCUT2D eigenvalue weighted by atomic mass is 10.6. The molecule has 0 bridgehead atoms. The van der Waals surface area contributed by atoms with Gasteiger partial charge in [-0.1, -0.05) is 0 Å². The number of carbonyl (C=O) groups excluding carboxylic acids is 4. The summed E-state index contributed by atoms with van der Waals surface area (Å²) in [6.45, 7) is 0.412. The first-order chi connectivity index (χ1) is 7.13. The van der Waals surface area contributed by atoms with Gasteiger partial charge in [0.15, 0.2) is 0 Å². The van der Waals surface area contributed by atoms with Crippen molar-refractivity contribution in [2.75, 3.05) is 13.3 Å². The second kappa shape index (κ2) is 7.14. The molecule has 0 aliphatic carbocycles. The summed E-state index contributed by atoms with van der Waals surface area (Å²) in [5.74, 6) is -0.596. The number of isocyanates is 2. The molecule has 0 radical (unpaired) electrons. The Hall–Kier alpha value is -2.30. The molecule has 8 nitrogen and oxygen atoms in total. The molecule has 0 fully saturated rings. The van der Waals surface area contributed by atoms with E-state index in [1.54, 1.807) is 0 Å². The van der Waals surface area contributed by atoms with Crippen LogP contribution in [0.5, 0.6) is 0 Å². The van der Waals surface area contributed by atoms with Crippen molar-refractivity contribution in [3.63, 3.8) is 0 Å². The molecular formula is C7H8N4O4. The van der Waals surface area contributed by atoms with Crippen LogP contribution >= 0.6 is 0 Å². The lowest BCUT2D eigenvalue weighted by Crippen LogP contribution is -2.42. The van der Waals surface area contributed by atoms with Crippen LogP contribution in [-0.4, -0.2) is 42.3 Å². The Labute approximate surface area is 84.7 Å². The predicted octanol–water partition coefficient (Wildman–Crippen LogP) is -0.869. The fourth-order valence-electron chi connectivity index (χ4n) is 0.641. The zero-order valence-corrected chi connectivity index (χ0v) is 7.89. The van der Waals surface area contributed by atoms with Crippen LogP contribution in [0.2, 0.25) is 0 Å². The van der Waals surface area contributed by atoms with Gasteiger partial charge in [0.05, 0.1) is 0 Å². The number of urea groups is 1. The van der Waals surface area contributed by atoms with Crippen molar-refractivity contribution in [3.8, 4) is 0 Å². The smallest absolute Gasteiger partial charge is 0.317 e. The Morgan fingerprint density at radius 1 is 1.27 bits per heavy atom. The first-order valence-corrected chi connectivity index (χ1v) is 3.76. The van der Waals surface area contributed by atoms with Crippen LogP contribution < -0.4 is 5.32 Å². The number of carbonyl (C=O) groups is 2. The Morgan fingerprint density at radius 2 is 1.87 bits per heavy atom. The molecule has 0 atom stereocenters. The third kappa shape index (κ3) is 5.09. The van der Waals surface area contributed by atoms with Gasteiger partial charge in [0.25, 0.3) is 0 Å². The summed E-state index contributed by atoms with van der Waals surface area (Å²) in [5, 5.41) is 2.12. The molecule has 0 saturated heterocycles. The molecular weight excluding hydrogens is 204 g/mol. The molecule has 0 aliphatic heterocycles. The number of nitrogens with zero attached hydrogens (tertiary/aromatic N) is 3. The highest BCUT2D eigenvalue weighted by Gasteiger charge is 2.16. The van der Waals surface area contributed by atoms with Gasteiger partial charge in [0.2, 0.25) is 18.1 Å². The van der Waals surface area contributed by atoms with Crippen LogP contribution in [0.25, 0.3) is 0 Å². The normalized spacial score (nSPS) is 8.07. The summed E-state index contributed by atoms with van der Waals surface area (Å²) in [6.07, 6.45) is 2.40. The minimum Gasteiger partial charge on any atom is -0.317 e. The minimum atomic E-state index is -0.805. The van der Waals surface area contributed by atoms with Crippen LogP contribution in [0, 0.1) is 0 Å². The van der Waals surface area contributed by atoms with E-state index < -0.39 is 18.6 Å². The van der Waals surface area contributed by atoms with Crippen LogP contribution in [0.1, 0.15) is 6.92 Å². The molecule has 8 heteroatoms. The van der Waals surface area contributed by atoms with Crippen molar-refractivity contribution in [3.05, 3.63) is 0 Å². The molecule has 0 aromatic heterocycles. The summed E-state index contributed by atoms with van der Waals surface area (Å²) < 4.78 is 0. The maximum Gasteiger partial charge on any atom is 0.327 e. The van der Waals surface area contributed by atoms with E-state index in [1.807, 2.05) is 0 Å². The van der Waals surface area contributed by atoms with Gasteiger partial charge in [0.1, 0.15) is 13.3 Å². The lowest BCUT2D eigenvalue weighted by Gasteiger charge is -2.15. The number of aliphatic imine (C=N–C) groups is 2. The Morgan fingerprint density at radius 3 is 2.33 bits per heavy atom. The molecule has 0 spiro atoms. The topological polar surface area (TPSA) is 108 Å². The van der Waals surface area contributed by atoms with Crippen LogP contribution in [0.3, 0.4) is 0 Å². The monoisotopic (exact) mass is 212 g/mol. The number of amides is 3. The van der Waals surface area contributed by atoms with Gasteiger partial charge in [-0.25, -0.2) is 19.3 Å². The standard InChI is InChI=1S/C7H8N4O4/c1-6(14)11(3-9-5-13)7(15)10-2-8-4-12/h2-3H2,1H3,(H,10,15). The SMILES string of the molecule is CC(=O)N(CN=C=O)C(=O)NCN=C=O. The number of hydrogen-bond acceptors (Lipinski definition) is 6. The van der Waals surface area contributed by atoms with Crippen LogP contribution in [-0.2, 0) is 14.4 Å². The van der Waals surface area contributed by atoms with E-state index >= 15 is 0 Å². The van der Waals surface area contributed by atoms with Crippen molar-refractivity contribution in [1.29, 1.82) is 0 Å². The Bertz CT molecular complexity index is 341. The molecule has 0 aromatic rings. The highest BCUT2D eigenvalue weighted by atomic mass is 16.2. The Kier molecular flexibility index (Phi) is 6.04. The highest BCUT2D eigenvalue weighted by Crippen LogP contribution is 1.90. The van der Waals surface area contributed by atoms with Crippen LogP contribution in [0.4, 0.5) is 4.79 Å². The third-order valence-electron chi connectivity index (χ3n) is 1.28. The second-order valence-electron chi connectivity index (χ2n) is 2.23. The molecule has 0 aromatic carbocycles. The lowest BCUT2D eigenvalue weighted by molar-refractivity contribution is -0.125. The maximum atomic E-state index is 11.2. The van der Waals surface area contributed by atoms with Crippen molar-refractivity contribution in [2.45, 2.75) is 6.92 Å². The van der Waals surface area contributed by atoms with E-state index in [0.29, 0.717) is 4.90 Å². The molecule has 80 valence electrons.